The van der Waals surface area contributed by atoms with E-state index in [2.05, 4.69) is 0 Å². The van der Waals surface area contributed by atoms with Crippen LogP contribution in [-0.4, -0.2) is 33.6 Å². The maximum absolute atomic E-state index is 11.8. The van der Waals surface area contributed by atoms with E-state index in [1.165, 1.54) is 0 Å². The van der Waals surface area contributed by atoms with Crippen molar-refractivity contribution in [2.45, 2.75) is 16.7 Å². The molecule has 16 heavy (non-hydrogen) atoms. The lowest BCUT2D eigenvalue weighted by atomic mass is 10.4. The first-order valence-electron chi connectivity index (χ1n) is 5.04. The van der Waals surface area contributed by atoms with Crippen LogP contribution in [0.3, 0.4) is 0 Å². The van der Waals surface area contributed by atoms with Gasteiger partial charge in [-0.2, -0.15) is 0 Å². The minimum absolute atomic E-state index is 0.0411. The Morgan fingerprint density at radius 2 is 1.88 bits per heavy atom. The Labute approximate surface area is 101 Å². The molecule has 0 aliphatic carbocycles. The van der Waals surface area contributed by atoms with E-state index in [0.29, 0.717) is 11.5 Å². The van der Waals surface area contributed by atoms with E-state index in [1.54, 1.807) is 23.9 Å². The summed E-state index contributed by atoms with van der Waals surface area (Å²) >= 11 is 1.59. The van der Waals surface area contributed by atoms with E-state index >= 15 is 0 Å². The van der Waals surface area contributed by atoms with Crippen LogP contribution in [0, 0.1) is 0 Å². The quantitative estimate of drug-likeness (QED) is 0.581. The molecule has 0 N–H and O–H groups in total. The SMILES string of the molecule is CCOCCS(=O)(=O)c1ccc(SC)cc1. The molecule has 0 aliphatic rings. The summed E-state index contributed by atoms with van der Waals surface area (Å²) in [6, 6.07) is 6.93. The van der Waals surface area contributed by atoms with Crippen molar-refractivity contribution in [3.05, 3.63) is 24.3 Å². The Morgan fingerprint density at radius 1 is 1.25 bits per heavy atom. The zero-order valence-electron chi connectivity index (χ0n) is 9.47. The van der Waals surface area contributed by atoms with Crippen LogP contribution < -0.4 is 0 Å². The third-order valence-corrected chi connectivity index (χ3v) is 4.56. The summed E-state index contributed by atoms with van der Waals surface area (Å²) in [6.45, 7) is 2.64. The van der Waals surface area contributed by atoms with Crippen LogP contribution in [0.4, 0.5) is 0 Å². The number of hydrogen-bond acceptors (Lipinski definition) is 4. The largest absolute Gasteiger partial charge is 0.381 e. The van der Waals surface area contributed by atoms with Crippen molar-refractivity contribution < 1.29 is 13.2 Å². The van der Waals surface area contributed by atoms with Crippen LogP contribution in [0.1, 0.15) is 6.92 Å². The molecular weight excluding hydrogens is 244 g/mol. The number of rotatable bonds is 6. The number of sulfone groups is 1. The average molecular weight is 260 g/mol. The maximum atomic E-state index is 11.8. The number of benzene rings is 1. The van der Waals surface area contributed by atoms with Gasteiger partial charge >= 0.3 is 0 Å². The summed E-state index contributed by atoms with van der Waals surface area (Å²) < 4.78 is 28.7. The minimum Gasteiger partial charge on any atom is -0.381 e. The first-order chi connectivity index (χ1) is 7.60. The Kier molecular flexibility index (Phi) is 5.31. The third kappa shape index (κ3) is 3.81. The minimum atomic E-state index is -3.19. The van der Waals surface area contributed by atoms with E-state index in [0.717, 1.165) is 4.90 Å². The molecule has 0 unspecified atom stereocenters. The number of thioether (sulfide) groups is 1. The molecule has 0 radical (unpaired) electrons. The average Bonchev–Trinajstić information content (AvgIpc) is 2.29. The highest BCUT2D eigenvalue weighted by Crippen LogP contribution is 2.18. The Morgan fingerprint density at radius 3 is 2.38 bits per heavy atom. The summed E-state index contributed by atoms with van der Waals surface area (Å²) in [5.41, 5.74) is 0. The second-order valence-electron chi connectivity index (χ2n) is 3.19. The summed E-state index contributed by atoms with van der Waals surface area (Å²) in [5, 5.41) is 0. The molecule has 0 amide bonds. The molecular formula is C11H16O3S2. The first kappa shape index (κ1) is 13.5. The van der Waals surface area contributed by atoms with Crippen LogP contribution in [0.2, 0.25) is 0 Å². The highest BCUT2D eigenvalue weighted by molar-refractivity contribution is 7.98. The molecule has 0 aromatic heterocycles. The summed E-state index contributed by atoms with van der Waals surface area (Å²) in [5.74, 6) is 0.0411. The fraction of sp³-hybridized carbons (Fsp3) is 0.455. The standard InChI is InChI=1S/C11H16O3S2/c1-3-14-8-9-16(12,13)11-6-4-10(15-2)5-7-11/h4-7H,3,8-9H2,1-2H3. The molecule has 5 heteroatoms. The lowest BCUT2D eigenvalue weighted by Crippen LogP contribution is -2.12. The van der Waals surface area contributed by atoms with Gasteiger partial charge in [0, 0.05) is 11.5 Å². The van der Waals surface area contributed by atoms with Crippen molar-refractivity contribution >= 4 is 21.6 Å². The zero-order valence-corrected chi connectivity index (χ0v) is 11.1. The van der Waals surface area contributed by atoms with Gasteiger partial charge in [-0.05, 0) is 37.4 Å². The van der Waals surface area contributed by atoms with Gasteiger partial charge in [0.25, 0.3) is 0 Å². The van der Waals surface area contributed by atoms with E-state index in [1.807, 2.05) is 25.3 Å². The molecule has 0 heterocycles. The second kappa shape index (κ2) is 6.27. The van der Waals surface area contributed by atoms with Gasteiger partial charge in [-0.25, -0.2) is 8.42 Å². The van der Waals surface area contributed by atoms with Crippen LogP contribution in [-0.2, 0) is 14.6 Å². The fourth-order valence-electron chi connectivity index (χ4n) is 1.21. The predicted octanol–water partition coefficient (Wildman–Crippen LogP) is 2.22. The monoisotopic (exact) mass is 260 g/mol. The lowest BCUT2D eigenvalue weighted by Gasteiger charge is -2.05. The lowest BCUT2D eigenvalue weighted by molar-refractivity contribution is 0.163. The van der Waals surface area contributed by atoms with Gasteiger partial charge in [-0.3, -0.25) is 0 Å². The van der Waals surface area contributed by atoms with Gasteiger partial charge in [0.2, 0.25) is 0 Å². The van der Waals surface area contributed by atoms with E-state index in [-0.39, 0.29) is 12.4 Å². The van der Waals surface area contributed by atoms with Crippen LogP contribution in [0.15, 0.2) is 34.1 Å². The van der Waals surface area contributed by atoms with Gasteiger partial charge in [-0.15, -0.1) is 11.8 Å². The van der Waals surface area contributed by atoms with Crippen molar-refractivity contribution in [2.24, 2.45) is 0 Å². The third-order valence-electron chi connectivity index (χ3n) is 2.12. The highest BCUT2D eigenvalue weighted by Gasteiger charge is 2.13. The Hall–Kier alpha value is -0.520. The van der Waals surface area contributed by atoms with Gasteiger partial charge in [-0.1, -0.05) is 0 Å². The number of ether oxygens (including phenoxy) is 1. The van der Waals surface area contributed by atoms with Crippen LogP contribution in [0.25, 0.3) is 0 Å². The van der Waals surface area contributed by atoms with E-state index in [4.69, 9.17) is 4.74 Å². The molecule has 1 aromatic rings. The van der Waals surface area contributed by atoms with Gasteiger partial charge in [0.05, 0.1) is 17.3 Å². The topological polar surface area (TPSA) is 43.4 Å². The molecule has 3 nitrogen and oxygen atoms in total. The molecule has 0 atom stereocenters. The highest BCUT2D eigenvalue weighted by atomic mass is 32.2. The summed E-state index contributed by atoms with van der Waals surface area (Å²) in [6.07, 6.45) is 1.96. The normalized spacial score (nSPS) is 11.6. The predicted molar refractivity (Wildman–Crippen MR) is 66.8 cm³/mol. The number of hydrogen-bond donors (Lipinski definition) is 0. The van der Waals surface area contributed by atoms with Gasteiger partial charge < -0.3 is 4.74 Å². The smallest absolute Gasteiger partial charge is 0.180 e. The van der Waals surface area contributed by atoms with Crippen LogP contribution >= 0.6 is 11.8 Å². The van der Waals surface area contributed by atoms with Crippen molar-refractivity contribution in [2.75, 3.05) is 25.2 Å². The van der Waals surface area contributed by atoms with E-state index in [9.17, 15) is 8.42 Å². The van der Waals surface area contributed by atoms with Crippen molar-refractivity contribution in [3.63, 3.8) is 0 Å². The first-order valence-corrected chi connectivity index (χ1v) is 7.92. The molecule has 1 aromatic carbocycles. The molecule has 0 saturated heterocycles. The molecule has 0 aliphatic heterocycles. The summed E-state index contributed by atoms with van der Waals surface area (Å²) in [7, 11) is -3.19. The van der Waals surface area contributed by atoms with Crippen molar-refractivity contribution in [1.82, 2.24) is 0 Å². The van der Waals surface area contributed by atoms with Crippen molar-refractivity contribution in [1.29, 1.82) is 0 Å². The van der Waals surface area contributed by atoms with Crippen molar-refractivity contribution in [3.8, 4) is 0 Å². The Balaban J connectivity index is 2.74. The van der Waals surface area contributed by atoms with Gasteiger partial charge in [0.15, 0.2) is 9.84 Å². The van der Waals surface area contributed by atoms with Crippen LogP contribution in [0.5, 0.6) is 0 Å². The molecule has 1 rings (SSSR count). The van der Waals surface area contributed by atoms with Gasteiger partial charge in [0.1, 0.15) is 0 Å². The molecule has 0 saturated carbocycles. The maximum Gasteiger partial charge on any atom is 0.180 e. The molecule has 0 bridgehead atoms. The zero-order chi connectivity index (χ0) is 12.0. The second-order valence-corrected chi connectivity index (χ2v) is 6.18. The molecule has 90 valence electrons. The molecule has 0 fully saturated rings. The Bertz CT molecular complexity index is 409. The fourth-order valence-corrected chi connectivity index (χ4v) is 2.75. The molecule has 0 spiro atoms. The summed E-state index contributed by atoms with van der Waals surface area (Å²) in [4.78, 5) is 1.42. The van der Waals surface area contributed by atoms with E-state index < -0.39 is 9.84 Å².